The third-order valence-corrected chi connectivity index (χ3v) is 2.86. The molecule has 0 fully saturated rings. The Kier molecular flexibility index (Phi) is 4.36. The predicted molar refractivity (Wildman–Crippen MR) is 73.6 cm³/mol. The Morgan fingerprint density at radius 1 is 1.28 bits per heavy atom. The van der Waals surface area contributed by atoms with Crippen LogP contribution in [0.2, 0.25) is 0 Å². The predicted octanol–water partition coefficient (Wildman–Crippen LogP) is 2.91. The van der Waals surface area contributed by atoms with Crippen molar-refractivity contribution in [1.82, 2.24) is 10.2 Å². The van der Waals surface area contributed by atoms with Gasteiger partial charge in [-0.25, -0.2) is 0 Å². The Morgan fingerprint density at radius 3 is 2.67 bits per heavy atom. The highest BCUT2D eigenvalue weighted by atomic mass is 16.5. The average molecular weight is 245 g/mol. The number of rotatable bonds is 6. The number of hydrogen-bond acceptors (Lipinski definition) is 3. The van der Waals surface area contributed by atoms with Crippen molar-refractivity contribution in [3.05, 3.63) is 36.5 Å². The van der Waals surface area contributed by atoms with E-state index in [2.05, 4.69) is 46.7 Å². The van der Waals surface area contributed by atoms with Gasteiger partial charge in [-0.2, -0.15) is 5.10 Å². The third-order valence-electron chi connectivity index (χ3n) is 2.86. The number of nitrogens with one attached hydrogen (secondary N) is 2. The molecule has 0 aliphatic heterocycles. The summed E-state index contributed by atoms with van der Waals surface area (Å²) in [7, 11) is 1.73. The maximum atomic E-state index is 5.07. The molecule has 0 amide bonds. The Balaban J connectivity index is 1.95. The van der Waals surface area contributed by atoms with Gasteiger partial charge in [-0.3, -0.25) is 5.10 Å². The smallest absolute Gasteiger partial charge is 0.0650 e. The maximum Gasteiger partial charge on any atom is 0.0650 e. The third kappa shape index (κ3) is 3.34. The fraction of sp³-hybridized carbons (Fsp3) is 0.357. The van der Waals surface area contributed by atoms with Gasteiger partial charge in [0, 0.05) is 31.6 Å². The normalized spacial score (nSPS) is 12.3. The van der Waals surface area contributed by atoms with Gasteiger partial charge in [-0.15, -0.1) is 0 Å². The summed E-state index contributed by atoms with van der Waals surface area (Å²) in [5, 5.41) is 10.3. The molecule has 4 nitrogen and oxygen atoms in total. The topological polar surface area (TPSA) is 49.9 Å². The van der Waals surface area contributed by atoms with E-state index in [1.807, 2.05) is 6.07 Å². The molecule has 2 aromatic rings. The van der Waals surface area contributed by atoms with Crippen LogP contribution in [0, 0.1) is 0 Å². The standard InChI is InChI=1S/C14H19N3O/c1-11(8-10-18-2)16-13-5-3-12(4-6-13)14-7-9-15-17-14/h3-7,9,11,16H,8,10H2,1-2H3,(H,15,17). The van der Waals surface area contributed by atoms with Crippen molar-refractivity contribution in [3.8, 4) is 11.3 Å². The van der Waals surface area contributed by atoms with E-state index >= 15 is 0 Å². The van der Waals surface area contributed by atoms with E-state index in [1.54, 1.807) is 13.3 Å². The van der Waals surface area contributed by atoms with Crippen LogP contribution in [0.5, 0.6) is 0 Å². The van der Waals surface area contributed by atoms with Crippen LogP contribution in [0.4, 0.5) is 5.69 Å². The van der Waals surface area contributed by atoms with Crippen LogP contribution in [0.25, 0.3) is 11.3 Å². The molecular formula is C14H19N3O. The van der Waals surface area contributed by atoms with Crippen molar-refractivity contribution in [2.24, 2.45) is 0 Å². The summed E-state index contributed by atoms with van der Waals surface area (Å²) < 4.78 is 5.07. The lowest BCUT2D eigenvalue weighted by Gasteiger charge is -2.14. The van der Waals surface area contributed by atoms with Crippen LogP contribution in [0.15, 0.2) is 36.5 Å². The number of benzene rings is 1. The first-order valence-corrected chi connectivity index (χ1v) is 6.15. The summed E-state index contributed by atoms with van der Waals surface area (Å²) in [6.07, 6.45) is 2.76. The van der Waals surface area contributed by atoms with Crippen molar-refractivity contribution >= 4 is 5.69 Å². The second-order valence-corrected chi connectivity index (χ2v) is 4.37. The highest BCUT2D eigenvalue weighted by Gasteiger charge is 2.02. The van der Waals surface area contributed by atoms with Gasteiger partial charge in [0.25, 0.3) is 0 Å². The highest BCUT2D eigenvalue weighted by molar-refractivity contribution is 5.62. The van der Waals surface area contributed by atoms with Crippen LogP contribution in [-0.2, 0) is 4.74 Å². The van der Waals surface area contributed by atoms with Crippen molar-refractivity contribution in [3.63, 3.8) is 0 Å². The molecular weight excluding hydrogens is 226 g/mol. The van der Waals surface area contributed by atoms with Crippen LogP contribution < -0.4 is 5.32 Å². The molecule has 1 aromatic heterocycles. The quantitative estimate of drug-likeness (QED) is 0.822. The summed E-state index contributed by atoms with van der Waals surface area (Å²) in [5.74, 6) is 0. The van der Waals surface area contributed by atoms with E-state index < -0.39 is 0 Å². The second kappa shape index (κ2) is 6.21. The maximum absolute atomic E-state index is 5.07. The number of ether oxygens (including phenoxy) is 1. The first-order valence-electron chi connectivity index (χ1n) is 6.15. The molecule has 0 radical (unpaired) electrons. The lowest BCUT2D eigenvalue weighted by molar-refractivity contribution is 0.191. The first-order chi connectivity index (χ1) is 8.79. The van der Waals surface area contributed by atoms with Gasteiger partial charge in [-0.1, -0.05) is 12.1 Å². The number of aromatic nitrogens is 2. The molecule has 1 aromatic carbocycles. The largest absolute Gasteiger partial charge is 0.385 e. The van der Waals surface area contributed by atoms with Gasteiger partial charge >= 0.3 is 0 Å². The Morgan fingerprint density at radius 2 is 2.06 bits per heavy atom. The molecule has 1 unspecified atom stereocenters. The van der Waals surface area contributed by atoms with Crippen LogP contribution in [-0.4, -0.2) is 30.0 Å². The summed E-state index contributed by atoms with van der Waals surface area (Å²) in [5.41, 5.74) is 3.30. The Bertz CT molecular complexity index is 450. The lowest BCUT2D eigenvalue weighted by Crippen LogP contribution is -2.16. The van der Waals surface area contributed by atoms with Gasteiger partial charge in [0.05, 0.1) is 5.69 Å². The lowest BCUT2D eigenvalue weighted by atomic mass is 10.1. The number of methoxy groups -OCH3 is 1. The number of hydrogen-bond donors (Lipinski definition) is 2. The minimum atomic E-state index is 0.406. The molecule has 4 heteroatoms. The monoisotopic (exact) mass is 245 g/mol. The molecule has 0 bridgehead atoms. The van der Waals surface area contributed by atoms with E-state index in [-0.39, 0.29) is 0 Å². The SMILES string of the molecule is COCCC(C)Nc1ccc(-c2ccn[nH]2)cc1. The Hall–Kier alpha value is -1.81. The fourth-order valence-corrected chi connectivity index (χ4v) is 1.81. The first kappa shape index (κ1) is 12.6. The van der Waals surface area contributed by atoms with Gasteiger partial charge in [0.15, 0.2) is 0 Å². The van der Waals surface area contributed by atoms with E-state index in [9.17, 15) is 0 Å². The van der Waals surface area contributed by atoms with E-state index in [0.717, 1.165) is 30.0 Å². The zero-order valence-electron chi connectivity index (χ0n) is 10.8. The molecule has 2 N–H and O–H groups in total. The zero-order valence-corrected chi connectivity index (χ0v) is 10.8. The Labute approximate surface area is 107 Å². The number of aromatic amines is 1. The van der Waals surface area contributed by atoms with Crippen molar-refractivity contribution in [1.29, 1.82) is 0 Å². The van der Waals surface area contributed by atoms with Crippen LogP contribution in [0.1, 0.15) is 13.3 Å². The van der Waals surface area contributed by atoms with E-state index in [0.29, 0.717) is 6.04 Å². The molecule has 96 valence electrons. The highest BCUT2D eigenvalue weighted by Crippen LogP contribution is 2.19. The number of anilines is 1. The van der Waals surface area contributed by atoms with Gasteiger partial charge < -0.3 is 10.1 Å². The molecule has 1 heterocycles. The fourth-order valence-electron chi connectivity index (χ4n) is 1.81. The zero-order chi connectivity index (χ0) is 12.8. The molecule has 0 saturated carbocycles. The van der Waals surface area contributed by atoms with Crippen molar-refractivity contribution < 1.29 is 4.74 Å². The van der Waals surface area contributed by atoms with E-state index in [1.165, 1.54) is 0 Å². The summed E-state index contributed by atoms with van der Waals surface area (Å²) in [6, 6.07) is 10.7. The van der Waals surface area contributed by atoms with Gasteiger partial charge in [0.1, 0.15) is 0 Å². The molecule has 0 spiro atoms. The van der Waals surface area contributed by atoms with Gasteiger partial charge in [0.2, 0.25) is 0 Å². The molecule has 0 aliphatic carbocycles. The molecule has 18 heavy (non-hydrogen) atoms. The van der Waals surface area contributed by atoms with Crippen molar-refractivity contribution in [2.45, 2.75) is 19.4 Å². The van der Waals surface area contributed by atoms with Gasteiger partial charge in [-0.05, 0) is 37.1 Å². The summed E-state index contributed by atoms with van der Waals surface area (Å²) >= 11 is 0. The molecule has 2 rings (SSSR count). The summed E-state index contributed by atoms with van der Waals surface area (Å²) in [6.45, 7) is 2.93. The van der Waals surface area contributed by atoms with E-state index in [4.69, 9.17) is 4.74 Å². The minimum absolute atomic E-state index is 0.406. The van der Waals surface area contributed by atoms with Crippen molar-refractivity contribution in [2.75, 3.05) is 19.0 Å². The molecule has 1 atom stereocenters. The minimum Gasteiger partial charge on any atom is -0.385 e. The van der Waals surface area contributed by atoms with Crippen LogP contribution >= 0.6 is 0 Å². The average Bonchev–Trinajstić information content (AvgIpc) is 2.91. The molecule has 0 saturated heterocycles. The number of nitrogens with zero attached hydrogens (tertiary/aromatic N) is 1. The van der Waals surface area contributed by atoms with Crippen LogP contribution in [0.3, 0.4) is 0 Å². The molecule has 0 aliphatic rings. The second-order valence-electron chi connectivity index (χ2n) is 4.37. The number of H-pyrrole nitrogens is 1. The summed E-state index contributed by atoms with van der Waals surface area (Å²) in [4.78, 5) is 0.